The maximum atomic E-state index is 12.9. The van der Waals surface area contributed by atoms with Crippen molar-refractivity contribution in [1.29, 1.82) is 0 Å². The van der Waals surface area contributed by atoms with E-state index in [9.17, 15) is 4.39 Å². The molecule has 0 radical (unpaired) electrons. The second kappa shape index (κ2) is 7.44. The van der Waals surface area contributed by atoms with Crippen molar-refractivity contribution in [3.8, 4) is 0 Å². The lowest BCUT2D eigenvalue weighted by molar-refractivity contribution is 0.624. The van der Waals surface area contributed by atoms with Crippen LogP contribution >= 0.6 is 12.2 Å². The molecule has 1 aromatic heterocycles. The van der Waals surface area contributed by atoms with Gasteiger partial charge in [0.15, 0.2) is 5.11 Å². The molecule has 25 heavy (non-hydrogen) atoms. The first-order chi connectivity index (χ1) is 12.0. The van der Waals surface area contributed by atoms with Crippen LogP contribution in [-0.2, 0) is 6.54 Å². The molecule has 4 nitrogen and oxygen atoms in total. The number of thiocarbonyl (C=S) groups is 1. The summed E-state index contributed by atoms with van der Waals surface area (Å²) in [6.07, 6.45) is 3.57. The SMILES string of the molecule is Cc1ccc(NC(=S)Nc2cnn(Cc3ccc(F)cc3)c2)cc1C. The molecule has 0 saturated heterocycles. The molecule has 3 aromatic rings. The van der Waals surface area contributed by atoms with Gasteiger partial charge in [-0.3, -0.25) is 4.68 Å². The maximum Gasteiger partial charge on any atom is 0.175 e. The fourth-order valence-corrected chi connectivity index (χ4v) is 2.64. The molecular formula is C19H19FN4S. The average molecular weight is 354 g/mol. The van der Waals surface area contributed by atoms with Crippen molar-refractivity contribution in [2.24, 2.45) is 0 Å². The second-order valence-corrected chi connectivity index (χ2v) is 6.34. The maximum absolute atomic E-state index is 12.9. The lowest BCUT2D eigenvalue weighted by Gasteiger charge is -2.10. The van der Waals surface area contributed by atoms with Gasteiger partial charge in [0, 0.05) is 11.9 Å². The Balaban J connectivity index is 1.59. The van der Waals surface area contributed by atoms with Gasteiger partial charge in [0.2, 0.25) is 0 Å². The number of hydrogen-bond acceptors (Lipinski definition) is 2. The number of aryl methyl sites for hydroxylation is 2. The number of halogens is 1. The Morgan fingerprint density at radius 2 is 1.76 bits per heavy atom. The van der Waals surface area contributed by atoms with Crippen molar-refractivity contribution < 1.29 is 4.39 Å². The Bertz CT molecular complexity index is 887. The van der Waals surface area contributed by atoms with E-state index in [0.717, 1.165) is 16.9 Å². The Morgan fingerprint density at radius 1 is 1.04 bits per heavy atom. The molecule has 0 amide bonds. The summed E-state index contributed by atoms with van der Waals surface area (Å²) < 4.78 is 14.7. The standard InChI is InChI=1S/C19H19FN4S/c1-13-3-8-17(9-14(13)2)22-19(25)23-18-10-21-24(12-18)11-15-4-6-16(20)7-5-15/h3-10,12H,11H2,1-2H3,(H2,22,23,25). The van der Waals surface area contributed by atoms with Gasteiger partial charge in [-0.2, -0.15) is 5.10 Å². The van der Waals surface area contributed by atoms with Crippen molar-refractivity contribution in [2.75, 3.05) is 10.6 Å². The molecule has 0 unspecified atom stereocenters. The molecule has 128 valence electrons. The molecule has 0 fully saturated rings. The van der Waals surface area contributed by atoms with Crippen LogP contribution in [0.25, 0.3) is 0 Å². The van der Waals surface area contributed by atoms with Gasteiger partial charge in [0.25, 0.3) is 0 Å². The summed E-state index contributed by atoms with van der Waals surface area (Å²) in [5.74, 6) is -0.241. The summed E-state index contributed by atoms with van der Waals surface area (Å²) in [7, 11) is 0. The number of anilines is 2. The van der Waals surface area contributed by atoms with E-state index >= 15 is 0 Å². The molecule has 0 aliphatic heterocycles. The molecule has 2 N–H and O–H groups in total. The van der Waals surface area contributed by atoms with Gasteiger partial charge in [0.1, 0.15) is 5.82 Å². The van der Waals surface area contributed by atoms with Gasteiger partial charge in [-0.05, 0) is 67.0 Å². The van der Waals surface area contributed by atoms with Gasteiger partial charge in [-0.1, -0.05) is 18.2 Å². The molecule has 1 heterocycles. The van der Waals surface area contributed by atoms with Crippen LogP contribution in [0.4, 0.5) is 15.8 Å². The van der Waals surface area contributed by atoms with Crippen LogP contribution in [-0.4, -0.2) is 14.9 Å². The Labute approximate surface area is 151 Å². The van der Waals surface area contributed by atoms with E-state index in [2.05, 4.69) is 41.7 Å². The zero-order valence-corrected chi connectivity index (χ0v) is 14.9. The first kappa shape index (κ1) is 17.1. The molecule has 0 saturated carbocycles. The molecule has 0 bridgehead atoms. The van der Waals surface area contributed by atoms with Gasteiger partial charge in [-0.25, -0.2) is 4.39 Å². The Hall–Kier alpha value is -2.73. The van der Waals surface area contributed by atoms with Crippen molar-refractivity contribution in [3.05, 3.63) is 77.4 Å². The molecule has 0 aliphatic carbocycles. The number of hydrogen-bond donors (Lipinski definition) is 2. The van der Waals surface area contributed by atoms with E-state index < -0.39 is 0 Å². The average Bonchev–Trinajstić information content (AvgIpc) is 3.00. The molecule has 0 aliphatic rings. The molecule has 3 rings (SSSR count). The van der Waals surface area contributed by atoms with Crippen LogP contribution < -0.4 is 10.6 Å². The van der Waals surface area contributed by atoms with Crippen LogP contribution in [0, 0.1) is 19.7 Å². The van der Waals surface area contributed by atoms with E-state index in [4.69, 9.17) is 12.2 Å². The second-order valence-electron chi connectivity index (χ2n) is 5.93. The quantitative estimate of drug-likeness (QED) is 0.677. The summed E-state index contributed by atoms with van der Waals surface area (Å²) in [5.41, 5.74) is 5.17. The van der Waals surface area contributed by atoms with Crippen LogP contribution in [0.5, 0.6) is 0 Å². The molecule has 0 atom stereocenters. The number of aromatic nitrogens is 2. The highest BCUT2D eigenvalue weighted by atomic mass is 32.1. The van der Waals surface area contributed by atoms with Crippen molar-refractivity contribution in [3.63, 3.8) is 0 Å². The molecular weight excluding hydrogens is 335 g/mol. The molecule has 0 spiro atoms. The van der Waals surface area contributed by atoms with Crippen LogP contribution in [0.1, 0.15) is 16.7 Å². The lowest BCUT2D eigenvalue weighted by atomic mass is 10.1. The number of nitrogens with zero attached hydrogens (tertiary/aromatic N) is 2. The molecule has 6 heteroatoms. The number of rotatable bonds is 4. The number of nitrogens with one attached hydrogen (secondary N) is 2. The predicted molar refractivity (Wildman–Crippen MR) is 103 cm³/mol. The first-order valence-corrected chi connectivity index (χ1v) is 8.32. The smallest absolute Gasteiger partial charge is 0.175 e. The van der Waals surface area contributed by atoms with E-state index in [-0.39, 0.29) is 5.82 Å². The molecule has 2 aromatic carbocycles. The van der Waals surface area contributed by atoms with Crippen molar-refractivity contribution in [1.82, 2.24) is 9.78 Å². The highest BCUT2D eigenvalue weighted by Crippen LogP contribution is 2.15. The topological polar surface area (TPSA) is 41.9 Å². The van der Waals surface area contributed by atoms with E-state index in [1.54, 1.807) is 23.0 Å². The summed E-state index contributed by atoms with van der Waals surface area (Å²) in [6, 6.07) is 12.5. The fraction of sp³-hybridized carbons (Fsp3) is 0.158. The normalized spacial score (nSPS) is 10.5. The summed E-state index contributed by atoms with van der Waals surface area (Å²) in [5, 5.41) is 11.1. The number of benzene rings is 2. The third-order valence-electron chi connectivity index (χ3n) is 3.91. The zero-order valence-electron chi connectivity index (χ0n) is 14.1. The Morgan fingerprint density at radius 3 is 2.48 bits per heavy atom. The highest BCUT2D eigenvalue weighted by Gasteiger charge is 2.04. The third kappa shape index (κ3) is 4.64. The largest absolute Gasteiger partial charge is 0.332 e. The van der Waals surface area contributed by atoms with Gasteiger partial charge in [-0.15, -0.1) is 0 Å². The van der Waals surface area contributed by atoms with Crippen LogP contribution in [0.15, 0.2) is 54.9 Å². The van der Waals surface area contributed by atoms with Crippen LogP contribution in [0.2, 0.25) is 0 Å². The third-order valence-corrected chi connectivity index (χ3v) is 4.12. The minimum atomic E-state index is -0.241. The van der Waals surface area contributed by atoms with Gasteiger partial charge >= 0.3 is 0 Å². The summed E-state index contributed by atoms with van der Waals surface area (Å²) in [6.45, 7) is 4.71. The minimum Gasteiger partial charge on any atom is -0.332 e. The predicted octanol–water partition coefficient (Wildman–Crippen LogP) is 4.50. The van der Waals surface area contributed by atoms with E-state index in [1.165, 1.54) is 23.3 Å². The minimum absolute atomic E-state index is 0.241. The van der Waals surface area contributed by atoms with Crippen LogP contribution in [0.3, 0.4) is 0 Å². The first-order valence-electron chi connectivity index (χ1n) is 7.92. The van der Waals surface area contributed by atoms with Crippen molar-refractivity contribution >= 4 is 28.7 Å². The van der Waals surface area contributed by atoms with Gasteiger partial charge in [0.05, 0.1) is 18.4 Å². The van der Waals surface area contributed by atoms with E-state index in [0.29, 0.717) is 11.7 Å². The van der Waals surface area contributed by atoms with E-state index in [1.807, 2.05) is 12.3 Å². The van der Waals surface area contributed by atoms with Gasteiger partial charge < -0.3 is 10.6 Å². The highest BCUT2D eigenvalue weighted by molar-refractivity contribution is 7.80. The summed E-state index contributed by atoms with van der Waals surface area (Å²) >= 11 is 5.35. The fourth-order valence-electron chi connectivity index (χ4n) is 2.40. The Kier molecular flexibility index (Phi) is 5.09. The lowest BCUT2D eigenvalue weighted by Crippen LogP contribution is -2.18. The van der Waals surface area contributed by atoms with Crippen molar-refractivity contribution in [2.45, 2.75) is 20.4 Å². The summed E-state index contributed by atoms with van der Waals surface area (Å²) in [4.78, 5) is 0. The monoisotopic (exact) mass is 354 g/mol. The zero-order chi connectivity index (χ0) is 17.8.